The first kappa shape index (κ1) is 12.5. The van der Waals surface area contributed by atoms with Gasteiger partial charge in [0.25, 0.3) is 0 Å². The summed E-state index contributed by atoms with van der Waals surface area (Å²) in [5.41, 5.74) is 0. The Morgan fingerprint density at radius 2 is 2.00 bits per heavy atom. The molecule has 0 aliphatic heterocycles. The van der Waals surface area contributed by atoms with Crippen LogP contribution in [0.15, 0.2) is 0 Å². The van der Waals surface area contributed by atoms with Crippen LogP contribution in [0.4, 0.5) is 0 Å². The highest BCUT2D eigenvalue weighted by atomic mass is 16.6. The summed E-state index contributed by atoms with van der Waals surface area (Å²) in [6.45, 7) is 1.59. The topological polar surface area (TPSA) is 92.5 Å². The number of likely N-dealkylation sites (N-methyl/N-ethyl adjacent to an activating group) is 1. The molecule has 6 nitrogen and oxygen atoms in total. The molecule has 0 amide bonds. The fraction of sp³-hybridized carbons (Fsp3) is 0.800. The van der Waals surface area contributed by atoms with Crippen LogP contribution in [0.5, 0.6) is 0 Å². The number of carbonyl (C=O) groups is 1. The lowest BCUT2D eigenvalue weighted by atomic mass is 10.4. The molecule has 0 aromatic heterocycles. The van der Waals surface area contributed by atoms with Gasteiger partial charge in [-0.25, -0.2) is 0 Å². The predicted molar refractivity (Wildman–Crippen MR) is 39.1 cm³/mol. The molecule has 11 heavy (non-hydrogen) atoms. The first-order chi connectivity index (χ1) is 4.91. The van der Waals surface area contributed by atoms with Gasteiger partial charge in [-0.3, -0.25) is 14.9 Å². The Labute approximate surface area is 64.4 Å². The SMILES string of the molecule is CN[C@@H](C)C(=O)O.C[N+](=O)[O-]. The van der Waals surface area contributed by atoms with Gasteiger partial charge in [0.05, 0.1) is 0 Å². The zero-order valence-corrected chi connectivity index (χ0v) is 6.70. The van der Waals surface area contributed by atoms with Crippen molar-refractivity contribution in [3.8, 4) is 0 Å². The van der Waals surface area contributed by atoms with Crippen LogP contribution in [0.25, 0.3) is 0 Å². The predicted octanol–water partition coefficient (Wildman–Crippen LogP) is -0.428. The maximum absolute atomic E-state index is 9.87. The Morgan fingerprint density at radius 1 is 1.73 bits per heavy atom. The van der Waals surface area contributed by atoms with Crippen molar-refractivity contribution in [2.75, 3.05) is 14.1 Å². The van der Waals surface area contributed by atoms with Gasteiger partial charge in [0.1, 0.15) is 6.04 Å². The molecule has 0 aliphatic rings. The summed E-state index contributed by atoms with van der Waals surface area (Å²) in [7, 11) is 2.50. The molecular weight excluding hydrogens is 152 g/mol. The third kappa shape index (κ3) is 17.7. The van der Waals surface area contributed by atoms with Crippen LogP contribution in [0.1, 0.15) is 6.92 Å². The lowest BCUT2D eigenvalue weighted by molar-refractivity contribution is -0.445. The van der Waals surface area contributed by atoms with Crippen LogP contribution in [0.3, 0.4) is 0 Å². The van der Waals surface area contributed by atoms with Crippen molar-refractivity contribution in [2.24, 2.45) is 0 Å². The molecule has 0 saturated carbocycles. The zero-order valence-electron chi connectivity index (χ0n) is 6.70. The van der Waals surface area contributed by atoms with Gasteiger partial charge in [-0.05, 0) is 14.0 Å². The third-order valence-electron chi connectivity index (χ3n) is 0.803. The molecule has 1 atom stereocenters. The quantitative estimate of drug-likeness (QED) is 0.426. The molecule has 0 aliphatic carbocycles. The molecule has 66 valence electrons. The highest BCUT2D eigenvalue weighted by molar-refractivity contribution is 5.72. The van der Waals surface area contributed by atoms with E-state index in [2.05, 4.69) is 5.32 Å². The number of nitro groups is 1. The summed E-state index contributed by atoms with van der Waals surface area (Å²) >= 11 is 0. The molecule has 2 N–H and O–H groups in total. The number of rotatable bonds is 2. The molecule has 0 rings (SSSR count). The van der Waals surface area contributed by atoms with Crippen molar-refractivity contribution < 1.29 is 14.8 Å². The first-order valence-corrected chi connectivity index (χ1v) is 2.89. The largest absolute Gasteiger partial charge is 0.480 e. The second kappa shape index (κ2) is 6.94. The summed E-state index contributed by atoms with van der Waals surface area (Å²) in [5, 5.41) is 19.5. The minimum Gasteiger partial charge on any atom is -0.480 e. The summed E-state index contributed by atoms with van der Waals surface area (Å²) in [6, 6.07) is -0.431. The van der Waals surface area contributed by atoms with E-state index in [9.17, 15) is 4.79 Å². The van der Waals surface area contributed by atoms with Crippen LogP contribution >= 0.6 is 0 Å². The van der Waals surface area contributed by atoms with Gasteiger partial charge in [-0.15, -0.1) is 0 Å². The minimum atomic E-state index is -0.817. The first-order valence-electron chi connectivity index (χ1n) is 2.89. The Kier molecular flexibility index (Phi) is 7.89. The van der Waals surface area contributed by atoms with Crippen LogP contribution in [0, 0.1) is 10.1 Å². The summed E-state index contributed by atoms with van der Waals surface area (Å²) in [4.78, 5) is 18.2. The van der Waals surface area contributed by atoms with E-state index in [1.54, 1.807) is 14.0 Å². The van der Waals surface area contributed by atoms with Crippen LogP contribution in [-0.2, 0) is 4.79 Å². The van der Waals surface area contributed by atoms with E-state index in [-0.39, 0.29) is 0 Å². The Bertz CT molecular complexity index is 132. The van der Waals surface area contributed by atoms with E-state index >= 15 is 0 Å². The van der Waals surface area contributed by atoms with Crippen molar-refractivity contribution in [1.82, 2.24) is 5.32 Å². The van der Waals surface area contributed by atoms with Gasteiger partial charge in [0.15, 0.2) is 7.05 Å². The van der Waals surface area contributed by atoms with Gasteiger partial charge in [0, 0.05) is 4.92 Å². The molecule has 0 unspecified atom stereocenters. The fourth-order valence-electron chi connectivity index (χ4n) is 0.123. The fourth-order valence-corrected chi connectivity index (χ4v) is 0.123. The van der Waals surface area contributed by atoms with Gasteiger partial charge in [-0.1, -0.05) is 0 Å². The van der Waals surface area contributed by atoms with Gasteiger partial charge < -0.3 is 10.4 Å². The maximum Gasteiger partial charge on any atom is 0.320 e. The number of nitrogens with zero attached hydrogens (tertiary/aromatic N) is 1. The van der Waals surface area contributed by atoms with E-state index in [0.717, 1.165) is 7.05 Å². The summed E-state index contributed by atoms with van der Waals surface area (Å²) in [5.74, 6) is -0.817. The van der Waals surface area contributed by atoms with Crippen LogP contribution in [-0.4, -0.2) is 36.1 Å². The maximum atomic E-state index is 9.87. The Hall–Kier alpha value is -1.17. The van der Waals surface area contributed by atoms with Crippen molar-refractivity contribution >= 4 is 5.97 Å². The summed E-state index contributed by atoms with van der Waals surface area (Å²) < 4.78 is 0. The van der Waals surface area contributed by atoms with Crippen LogP contribution in [0.2, 0.25) is 0 Å². The highest BCUT2D eigenvalue weighted by Gasteiger charge is 2.04. The third-order valence-corrected chi connectivity index (χ3v) is 0.803. The Morgan fingerprint density at radius 3 is 2.00 bits per heavy atom. The minimum absolute atomic E-state index is 0.431. The zero-order chi connectivity index (χ0) is 9.44. The average Bonchev–Trinajstić information content (AvgIpc) is 1.85. The molecule has 0 saturated heterocycles. The van der Waals surface area contributed by atoms with Gasteiger partial charge in [-0.2, -0.15) is 0 Å². The van der Waals surface area contributed by atoms with Gasteiger partial charge in [0.2, 0.25) is 0 Å². The second-order valence-corrected chi connectivity index (χ2v) is 1.79. The molecule has 0 aromatic carbocycles. The molecule has 0 radical (unpaired) electrons. The lowest BCUT2D eigenvalue weighted by Gasteiger charge is -1.99. The average molecular weight is 164 g/mol. The molecule has 6 heteroatoms. The van der Waals surface area contributed by atoms with Crippen molar-refractivity contribution in [3.63, 3.8) is 0 Å². The van der Waals surface area contributed by atoms with Crippen molar-refractivity contribution in [2.45, 2.75) is 13.0 Å². The smallest absolute Gasteiger partial charge is 0.320 e. The Balaban J connectivity index is 0. The highest BCUT2D eigenvalue weighted by Crippen LogP contribution is 1.74. The number of carboxylic acid groups (broad SMARTS) is 1. The number of aliphatic carboxylic acids is 1. The normalized spacial score (nSPS) is 10.8. The van der Waals surface area contributed by atoms with Crippen molar-refractivity contribution in [3.05, 3.63) is 10.1 Å². The number of nitrogens with one attached hydrogen (secondary N) is 1. The van der Waals surface area contributed by atoms with E-state index < -0.39 is 16.9 Å². The van der Waals surface area contributed by atoms with E-state index in [1.165, 1.54) is 0 Å². The molecule has 0 bridgehead atoms. The van der Waals surface area contributed by atoms with E-state index in [4.69, 9.17) is 15.2 Å². The summed E-state index contributed by atoms with van der Waals surface area (Å²) in [6.07, 6.45) is 0. The molecule has 0 spiro atoms. The van der Waals surface area contributed by atoms with E-state index in [1.807, 2.05) is 0 Å². The second-order valence-electron chi connectivity index (χ2n) is 1.79. The number of hydrogen-bond donors (Lipinski definition) is 2. The molecule has 0 fully saturated rings. The monoisotopic (exact) mass is 164 g/mol. The van der Waals surface area contributed by atoms with Crippen LogP contribution < -0.4 is 5.32 Å². The lowest BCUT2D eigenvalue weighted by Crippen LogP contribution is -2.29. The standard InChI is InChI=1S/C4H9NO2.CH3NO2/c1-3(5-2)4(6)7;1-2(3)4/h3,5H,1-2H3,(H,6,7);1H3/t3-;/m0./s1. The van der Waals surface area contributed by atoms with Crippen molar-refractivity contribution in [1.29, 1.82) is 0 Å². The molecular formula is C5H12N2O4. The number of carboxylic acids is 1. The van der Waals surface area contributed by atoms with E-state index in [0.29, 0.717) is 0 Å². The van der Waals surface area contributed by atoms with Gasteiger partial charge >= 0.3 is 5.97 Å². The number of hydrogen-bond acceptors (Lipinski definition) is 4. The molecule has 0 heterocycles. The molecule has 0 aromatic rings.